The minimum absolute atomic E-state index is 0.664. The summed E-state index contributed by atoms with van der Waals surface area (Å²) in [5.41, 5.74) is 5.68. The molecule has 1 saturated heterocycles. The van der Waals surface area contributed by atoms with Crippen LogP contribution in [-0.2, 0) is 9.59 Å². The second kappa shape index (κ2) is 7.70. The molecule has 2 rings (SSSR count). The van der Waals surface area contributed by atoms with Crippen molar-refractivity contribution in [1.82, 2.24) is 4.98 Å². The highest BCUT2D eigenvalue weighted by molar-refractivity contribution is 7.13. The van der Waals surface area contributed by atoms with Crippen LogP contribution in [0.2, 0.25) is 0 Å². The maximum Gasteiger partial charge on any atom is 0.414 e. The van der Waals surface area contributed by atoms with Crippen LogP contribution in [0.3, 0.4) is 0 Å². The number of nitrogens with zero attached hydrogens (tertiary/aromatic N) is 2. The van der Waals surface area contributed by atoms with E-state index < -0.39 is 11.9 Å². The Morgan fingerprint density at radius 3 is 2.63 bits per heavy atom. The molecule has 7 nitrogen and oxygen atoms in total. The van der Waals surface area contributed by atoms with Gasteiger partial charge in [-0.25, -0.2) is 14.6 Å². The Bertz CT molecular complexity index is 398. The molecule has 106 valence electrons. The standard InChI is InChI=1S/C9H15N3S.C2H2O4/c10-6-8-2-1-4-12(7-8)9-11-3-5-13-9;3-1(4)2(5)6/h3,5,8H,1-2,4,6-7,10H2;(H,3,4)(H,5,6). The molecule has 0 aliphatic carbocycles. The first-order valence-corrected chi connectivity index (χ1v) is 6.73. The number of hydrogen-bond acceptors (Lipinski definition) is 6. The van der Waals surface area contributed by atoms with E-state index in [1.165, 1.54) is 12.8 Å². The Labute approximate surface area is 114 Å². The van der Waals surface area contributed by atoms with E-state index in [2.05, 4.69) is 9.88 Å². The molecule has 2 heterocycles. The van der Waals surface area contributed by atoms with Crippen molar-refractivity contribution >= 4 is 28.4 Å². The van der Waals surface area contributed by atoms with Gasteiger partial charge >= 0.3 is 11.9 Å². The molecule has 19 heavy (non-hydrogen) atoms. The molecule has 1 aromatic heterocycles. The van der Waals surface area contributed by atoms with Crippen LogP contribution < -0.4 is 10.6 Å². The topological polar surface area (TPSA) is 117 Å². The van der Waals surface area contributed by atoms with Gasteiger partial charge in [-0.05, 0) is 25.3 Å². The summed E-state index contributed by atoms with van der Waals surface area (Å²) in [7, 11) is 0. The fourth-order valence-electron chi connectivity index (χ4n) is 1.80. The van der Waals surface area contributed by atoms with E-state index in [0.29, 0.717) is 5.92 Å². The van der Waals surface area contributed by atoms with Gasteiger partial charge < -0.3 is 20.8 Å². The molecule has 0 saturated carbocycles. The summed E-state index contributed by atoms with van der Waals surface area (Å²) < 4.78 is 0. The molecule has 8 heteroatoms. The first-order chi connectivity index (χ1) is 9.04. The predicted molar refractivity (Wildman–Crippen MR) is 71.4 cm³/mol. The van der Waals surface area contributed by atoms with E-state index >= 15 is 0 Å². The molecule has 1 aromatic rings. The molecule has 1 fully saturated rings. The largest absolute Gasteiger partial charge is 0.473 e. The third-order valence-corrected chi connectivity index (χ3v) is 3.56. The monoisotopic (exact) mass is 287 g/mol. The summed E-state index contributed by atoms with van der Waals surface area (Å²) in [5, 5.41) is 18.0. The van der Waals surface area contributed by atoms with Crippen molar-refractivity contribution in [2.24, 2.45) is 11.7 Å². The highest BCUT2D eigenvalue weighted by Crippen LogP contribution is 2.23. The van der Waals surface area contributed by atoms with Gasteiger partial charge in [-0.2, -0.15) is 0 Å². The fourth-order valence-corrected chi connectivity index (χ4v) is 2.48. The Kier molecular flexibility index (Phi) is 6.23. The Hall–Kier alpha value is -1.67. The molecular formula is C11H17N3O4S. The summed E-state index contributed by atoms with van der Waals surface area (Å²) >= 11 is 1.72. The summed E-state index contributed by atoms with van der Waals surface area (Å²) in [5.74, 6) is -2.98. The lowest BCUT2D eigenvalue weighted by Gasteiger charge is -2.31. The van der Waals surface area contributed by atoms with Crippen molar-refractivity contribution in [2.75, 3.05) is 24.5 Å². The number of anilines is 1. The Morgan fingerprint density at radius 1 is 1.47 bits per heavy atom. The molecule has 0 radical (unpaired) electrons. The maximum absolute atomic E-state index is 9.10. The van der Waals surface area contributed by atoms with Gasteiger partial charge in [0.15, 0.2) is 5.13 Å². The highest BCUT2D eigenvalue weighted by Gasteiger charge is 2.19. The van der Waals surface area contributed by atoms with Crippen LogP contribution in [0, 0.1) is 5.92 Å². The number of hydrogen-bond donors (Lipinski definition) is 3. The van der Waals surface area contributed by atoms with Gasteiger partial charge in [0.05, 0.1) is 0 Å². The van der Waals surface area contributed by atoms with Crippen molar-refractivity contribution in [1.29, 1.82) is 0 Å². The van der Waals surface area contributed by atoms with Crippen LogP contribution in [-0.4, -0.2) is 46.8 Å². The van der Waals surface area contributed by atoms with Crippen molar-refractivity contribution < 1.29 is 19.8 Å². The van der Waals surface area contributed by atoms with E-state index in [1.54, 1.807) is 11.3 Å². The van der Waals surface area contributed by atoms with E-state index in [9.17, 15) is 0 Å². The lowest BCUT2D eigenvalue weighted by atomic mass is 9.99. The molecule has 1 aliphatic rings. The quantitative estimate of drug-likeness (QED) is 0.677. The third kappa shape index (κ3) is 5.23. The molecular weight excluding hydrogens is 270 g/mol. The summed E-state index contributed by atoms with van der Waals surface area (Å²) in [4.78, 5) is 24.9. The van der Waals surface area contributed by atoms with Gasteiger partial charge in [0.25, 0.3) is 0 Å². The van der Waals surface area contributed by atoms with Gasteiger partial charge in [0.1, 0.15) is 0 Å². The number of piperidine rings is 1. The number of aromatic nitrogens is 1. The van der Waals surface area contributed by atoms with Crippen molar-refractivity contribution in [2.45, 2.75) is 12.8 Å². The van der Waals surface area contributed by atoms with Gasteiger partial charge in [0.2, 0.25) is 0 Å². The molecule has 0 bridgehead atoms. The average molecular weight is 287 g/mol. The van der Waals surface area contributed by atoms with E-state index in [0.717, 1.165) is 24.8 Å². The summed E-state index contributed by atoms with van der Waals surface area (Å²) in [6, 6.07) is 0. The van der Waals surface area contributed by atoms with Crippen LogP contribution in [0.4, 0.5) is 5.13 Å². The number of rotatable bonds is 2. The molecule has 0 aromatic carbocycles. The summed E-state index contributed by atoms with van der Waals surface area (Å²) in [6.07, 6.45) is 4.39. The number of nitrogens with two attached hydrogens (primary N) is 1. The molecule has 0 spiro atoms. The summed E-state index contributed by atoms with van der Waals surface area (Å²) in [6.45, 7) is 3.04. The van der Waals surface area contributed by atoms with Crippen LogP contribution in [0.25, 0.3) is 0 Å². The maximum atomic E-state index is 9.10. The van der Waals surface area contributed by atoms with E-state index in [1.807, 2.05) is 11.6 Å². The molecule has 0 amide bonds. The van der Waals surface area contributed by atoms with E-state index in [4.69, 9.17) is 25.5 Å². The minimum atomic E-state index is -1.82. The average Bonchev–Trinajstić information content (AvgIpc) is 2.93. The lowest BCUT2D eigenvalue weighted by Crippen LogP contribution is -2.38. The lowest BCUT2D eigenvalue weighted by molar-refractivity contribution is -0.159. The zero-order valence-electron chi connectivity index (χ0n) is 10.4. The van der Waals surface area contributed by atoms with Gasteiger partial charge in [-0.15, -0.1) is 11.3 Å². The first-order valence-electron chi connectivity index (χ1n) is 5.85. The Balaban J connectivity index is 0.000000258. The minimum Gasteiger partial charge on any atom is -0.473 e. The molecule has 1 aliphatic heterocycles. The highest BCUT2D eigenvalue weighted by atomic mass is 32.1. The fraction of sp³-hybridized carbons (Fsp3) is 0.545. The van der Waals surface area contributed by atoms with Crippen LogP contribution in [0.15, 0.2) is 11.6 Å². The number of carbonyl (C=O) groups is 2. The molecule has 1 atom stereocenters. The van der Waals surface area contributed by atoms with Gasteiger partial charge in [0, 0.05) is 24.7 Å². The van der Waals surface area contributed by atoms with Gasteiger partial charge in [-0.3, -0.25) is 0 Å². The van der Waals surface area contributed by atoms with Crippen LogP contribution in [0.5, 0.6) is 0 Å². The predicted octanol–water partition coefficient (Wildman–Crippen LogP) is 0.474. The van der Waals surface area contributed by atoms with Crippen molar-refractivity contribution in [3.05, 3.63) is 11.6 Å². The van der Waals surface area contributed by atoms with Crippen LogP contribution in [0.1, 0.15) is 12.8 Å². The smallest absolute Gasteiger partial charge is 0.414 e. The van der Waals surface area contributed by atoms with Crippen LogP contribution >= 0.6 is 11.3 Å². The first kappa shape index (κ1) is 15.4. The molecule has 4 N–H and O–H groups in total. The van der Waals surface area contributed by atoms with Crippen molar-refractivity contribution in [3.63, 3.8) is 0 Å². The second-order valence-electron chi connectivity index (χ2n) is 4.11. The number of thiazole rings is 1. The molecule has 1 unspecified atom stereocenters. The number of aliphatic carboxylic acids is 2. The SMILES string of the molecule is NCC1CCCN(c2nccs2)C1.O=C(O)C(=O)O. The van der Waals surface area contributed by atoms with Crippen molar-refractivity contribution in [3.8, 4) is 0 Å². The third-order valence-electron chi connectivity index (χ3n) is 2.73. The number of carboxylic acid groups (broad SMARTS) is 2. The normalized spacial score (nSPS) is 18.4. The zero-order chi connectivity index (χ0) is 14.3. The van der Waals surface area contributed by atoms with E-state index in [-0.39, 0.29) is 0 Å². The second-order valence-corrected chi connectivity index (χ2v) is 4.99. The van der Waals surface area contributed by atoms with Gasteiger partial charge in [-0.1, -0.05) is 0 Å². The zero-order valence-corrected chi connectivity index (χ0v) is 11.2. The number of carboxylic acids is 2. The Morgan fingerprint density at radius 2 is 2.16 bits per heavy atom.